The van der Waals surface area contributed by atoms with Crippen LogP contribution >= 0.6 is 15.9 Å². The van der Waals surface area contributed by atoms with Crippen LogP contribution in [0.3, 0.4) is 0 Å². The van der Waals surface area contributed by atoms with E-state index >= 15 is 0 Å². The molecule has 0 aromatic heterocycles. The topological polar surface area (TPSA) is 18.5 Å². The zero-order valence-corrected chi connectivity index (χ0v) is 13.5. The van der Waals surface area contributed by atoms with Crippen LogP contribution in [0.2, 0.25) is 0 Å². The quantitative estimate of drug-likeness (QED) is 0.706. The van der Waals surface area contributed by atoms with Gasteiger partial charge in [0, 0.05) is 22.9 Å². The Morgan fingerprint density at radius 3 is 2.67 bits per heavy atom. The van der Waals surface area contributed by atoms with E-state index in [1.165, 1.54) is 6.07 Å². The van der Waals surface area contributed by atoms with E-state index in [0.29, 0.717) is 22.4 Å². The molecule has 0 aliphatic carbocycles. The molecule has 1 aliphatic heterocycles. The Labute approximate surface area is 132 Å². The average Bonchev–Trinajstić information content (AvgIpc) is 2.74. The van der Waals surface area contributed by atoms with Crippen LogP contribution in [0.15, 0.2) is 36.4 Å². The first-order valence-corrected chi connectivity index (χ1v) is 7.94. The van der Waals surface area contributed by atoms with E-state index < -0.39 is 0 Å². The van der Waals surface area contributed by atoms with Crippen LogP contribution in [0.4, 0.5) is 4.39 Å². The molecule has 0 saturated carbocycles. The summed E-state index contributed by atoms with van der Waals surface area (Å²) < 4.78 is 25.7. The van der Waals surface area contributed by atoms with E-state index in [9.17, 15) is 4.39 Å². The first-order valence-electron chi connectivity index (χ1n) is 6.82. The second-order valence-electron chi connectivity index (χ2n) is 5.74. The van der Waals surface area contributed by atoms with Crippen molar-refractivity contribution < 1.29 is 13.9 Å². The van der Waals surface area contributed by atoms with Crippen molar-refractivity contribution in [3.05, 3.63) is 53.3 Å². The average molecular weight is 351 g/mol. The molecule has 110 valence electrons. The molecule has 4 heteroatoms. The highest BCUT2D eigenvalue weighted by molar-refractivity contribution is 9.08. The second kappa shape index (κ2) is 5.34. The van der Waals surface area contributed by atoms with E-state index in [-0.39, 0.29) is 11.4 Å². The molecule has 0 bridgehead atoms. The largest absolute Gasteiger partial charge is 0.483 e. The summed E-state index contributed by atoms with van der Waals surface area (Å²) in [5.74, 6) is 1.62. The van der Waals surface area contributed by atoms with Gasteiger partial charge in [0.25, 0.3) is 0 Å². The van der Waals surface area contributed by atoms with Gasteiger partial charge in [-0.1, -0.05) is 34.1 Å². The number of rotatable bonds is 3. The highest BCUT2D eigenvalue weighted by atomic mass is 79.9. The summed E-state index contributed by atoms with van der Waals surface area (Å²) in [6, 6.07) is 10.7. The maximum atomic E-state index is 13.8. The lowest BCUT2D eigenvalue weighted by Crippen LogP contribution is -2.24. The van der Waals surface area contributed by atoms with Crippen molar-refractivity contribution in [1.82, 2.24) is 0 Å². The van der Waals surface area contributed by atoms with Gasteiger partial charge >= 0.3 is 0 Å². The SMILES string of the molecule is CC1(C)Cc2cccc(Oc3cccc(F)c3CBr)c2O1. The van der Waals surface area contributed by atoms with E-state index in [1.807, 2.05) is 32.0 Å². The first-order chi connectivity index (χ1) is 10.00. The van der Waals surface area contributed by atoms with Crippen LogP contribution in [0.5, 0.6) is 17.2 Å². The van der Waals surface area contributed by atoms with E-state index in [0.717, 1.165) is 17.7 Å². The summed E-state index contributed by atoms with van der Waals surface area (Å²) in [6.07, 6.45) is 0.841. The highest BCUT2D eigenvalue weighted by Gasteiger charge is 2.32. The number of para-hydroxylation sites is 1. The third kappa shape index (κ3) is 2.77. The van der Waals surface area contributed by atoms with Crippen LogP contribution in [0.25, 0.3) is 0 Å². The number of hydrogen-bond acceptors (Lipinski definition) is 2. The second-order valence-corrected chi connectivity index (χ2v) is 6.30. The summed E-state index contributed by atoms with van der Waals surface area (Å²) in [5.41, 5.74) is 1.39. The minimum atomic E-state index is -0.279. The van der Waals surface area contributed by atoms with Crippen LogP contribution in [-0.4, -0.2) is 5.60 Å². The van der Waals surface area contributed by atoms with Crippen LogP contribution < -0.4 is 9.47 Å². The molecule has 1 heterocycles. The van der Waals surface area contributed by atoms with Gasteiger partial charge in [0.05, 0.1) is 0 Å². The van der Waals surface area contributed by atoms with Crippen LogP contribution in [-0.2, 0) is 11.8 Å². The number of alkyl halides is 1. The van der Waals surface area contributed by atoms with Crippen molar-refractivity contribution in [2.75, 3.05) is 0 Å². The molecule has 0 saturated heterocycles. The predicted octanol–water partition coefficient (Wildman–Crippen LogP) is 5.23. The Hall–Kier alpha value is -1.55. The zero-order valence-electron chi connectivity index (χ0n) is 12.0. The van der Waals surface area contributed by atoms with Crippen molar-refractivity contribution >= 4 is 15.9 Å². The number of hydrogen-bond donors (Lipinski definition) is 0. The Balaban J connectivity index is 1.98. The van der Waals surface area contributed by atoms with Crippen molar-refractivity contribution in [2.24, 2.45) is 0 Å². The summed E-state index contributed by atoms with van der Waals surface area (Å²) in [4.78, 5) is 0. The Kier molecular flexibility index (Phi) is 3.66. The van der Waals surface area contributed by atoms with Gasteiger partial charge in [0.15, 0.2) is 11.5 Å². The Morgan fingerprint density at radius 1 is 1.19 bits per heavy atom. The molecule has 0 atom stereocenters. The predicted molar refractivity (Wildman–Crippen MR) is 84.0 cm³/mol. The molecule has 3 rings (SSSR count). The summed E-state index contributed by atoms with van der Waals surface area (Å²) in [5, 5.41) is 0.399. The van der Waals surface area contributed by atoms with E-state index in [1.54, 1.807) is 12.1 Å². The van der Waals surface area contributed by atoms with Crippen molar-refractivity contribution in [1.29, 1.82) is 0 Å². The monoisotopic (exact) mass is 350 g/mol. The molecule has 0 unspecified atom stereocenters. The highest BCUT2D eigenvalue weighted by Crippen LogP contribution is 2.44. The van der Waals surface area contributed by atoms with Gasteiger partial charge in [-0.05, 0) is 32.0 Å². The molecule has 2 nitrogen and oxygen atoms in total. The molecule has 0 N–H and O–H groups in total. The normalized spacial score (nSPS) is 15.4. The molecule has 0 amide bonds. The van der Waals surface area contributed by atoms with Crippen molar-refractivity contribution in [3.8, 4) is 17.2 Å². The van der Waals surface area contributed by atoms with Gasteiger partial charge in [0.1, 0.15) is 17.2 Å². The number of ether oxygens (including phenoxy) is 2. The van der Waals surface area contributed by atoms with Gasteiger partial charge in [0.2, 0.25) is 0 Å². The third-order valence-corrected chi connectivity index (χ3v) is 4.05. The first kappa shape index (κ1) is 14.4. The molecule has 0 spiro atoms. The molecular formula is C17H16BrFO2. The fraction of sp³-hybridized carbons (Fsp3) is 0.294. The molecule has 2 aromatic rings. The van der Waals surface area contributed by atoms with Gasteiger partial charge in [-0.2, -0.15) is 0 Å². The molecule has 21 heavy (non-hydrogen) atoms. The molecular weight excluding hydrogens is 335 g/mol. The van der Waals surface area contributed by atoms with Crippen LogP contribution in [0, 0.1) is 5.82 Å². The standard InChI is InChI=1S/C17H16BrFO2/c1-17(2)9-11-5-3-8-15(16(11)21-17)20-14-7-4-6-13(19)12(14)10-18/h3-8H,9-10H2,1-2H3. The van der Waals surface area contributed by atoms with Gasteiger partial charge in [-0.3, -0.25) is 0 Å². The third-order valence-electron chi connectivity index (χ3n) is 3.48. The Morgan fingerprint density at radius 2 is 1.90 bits per heavy atom. The molecule has 0 radical (unpaired) electrons. The number of halogens is 2. The van der Waals surface area contributed by atoms with Crippen molar-refractivity contribution in [3.63, 3.8) is 0 Å². The lowest BCUT2D eigenvalue weighted by atomic mass is 10.0. The maximum absolute atomic E-state index is 13.8. The van der Waals surface area contributed by atoms with E-state index in [2.05, 4.69) is 15.9 Å². The van der Waals surface area contributed by atoms with Gasteiger partial charge in [-0.15, -0.1) is 0 Å². The van der Waals surface area contributed by atoms with Gasteiger partial charge in [-0.25, -0.2) is 4.39 Å². The lowest BCUT2D eigenvalue weighted by molar-refractivity contribution is 0.135. The summed E-state index contributed by atoms with van der Waals surface area (Å²) in [6.45, 7) is 4.09. The van der Waals surface area contributed by atoms with Crippen molar-refractivity contribution in [2.45, 2.75) is 31.2 Å². The lowest BCUT2D eigenvalue weighted by Gasteiger charge is -2.18. The van der Waals surface area contributed by atoms with E-state index in [4.69, 9.17) is 9.47 Å². The summed E-state index contributed by atoms with van der Waals surface area (Å²) >= 11 is 3.30. The Bertz CT molecular complexity index is 682. The molecule has 2 aromatic carbocycles. The fourth-order valence-electron chi connectivity index (χ4n) is 2.55. The number of benzene rings is 2. The molecule has 1 aliphatic rings. The van der Waals surface area contributed by atoms with Gasteiger partial charge < -0.3 is 9.47 Å². The summed E-state index contributed by atoms with van der Waals surface area (Å²) in [7, 11) is 0. The minimum absolute atomic E-state index is 0.234. The van der Waals surface area contributed by atoms with Crippen LogP contribution in [0.1, 0.15) is 25.0 Å². The maximum Gasteiger partial charge on any atom is 0.169 e. The fourth-order valence-corrected chi connectivity index (χ4v) is 3.09. The minimum Gasteiger partial charge on any atom is -0.483 e. The smallest absolute Gasteiger partial charge is 0.169 e. The number of fused-ring (bicyclic) bond motifs is 1. The molecule has 0 fully saturated rings. The zero-order chi connectivity index (χ0) is 15.0.